The Labute approximate surface area is 166 Å². The largest absolute Gasteiger partial charge is 0.481 e. The third-order valence-electron chi connectivity index (χ3n) is 3.72. The molecule has 10 heteroatoms. The fourth-order valence-electron chi connectivity index (χ4n) is 2.33. The maximum atomic E-state index is 10.8. The van der Waals surface area contributed by atoms with E-state index in [-0.39, 0.29) is 18.2 Å². The SMILES string of the molecule is COc1cc(OC)nc(Oc2ccccc2CN=Nc2cccc([N+](=O)[O-])c2)n1. The minimum Gasteiger partial charge on any atom is -0.481 e. The maximum absolute atomic E-state index is 10.8. The molecule has 0 saturated carbocycles. The lowest BCUT2D eigenvalue weighted by Crippen LogP contribution is -1.99. The first kappa shape index (κ1) is 19.7. The Balaban J connectivity index is 1.77. The molecule has 0 unspecified atom stereocenters. The van der Waals surface area contributed by atoms with Crippen LogP contribution in [0.15, 0.2) is 64.8 Å². The summed E-state index contributed by atoms with van der Waals surface area (Å²) in [6.07, 6.45) is 0. The molecule has 148 valence electrons. The molecule has 0 bridgehead atoms. The Morgan fingerprint density at radius 3 is 2.41 bits per heavy atom. The summed E-state index contributed by atoms with van der Waals surface area (Å²) in [4.78, 5) is 18.6. The van der Waals surface area contributed by atoms with Gasteiger partial charge < -0.3 is 14.2 Å². The van der Waals surface area contributed by atoms with E-state index < -0.39 is 4.92 Å². The lowest BCUT2D eigenvalue weighted by atomic mass is 10.2. The Bertz CT molecular complexity index is 1020. The van der Waals surface area contributed by atoms with Crippen molar-refractivity contribution in [2.45, 2.75) is 6.54 Å². The van der Waals surface area contributed by atoms with Crippen LogP contribution < -0.4 is 14.2 Å². The van der Waals surface area contributed by atoms with Crippen LogP contribution >= 0.6 is 0 Å². The van der Waals surface area contributed by atoms with Crippen molar-refractivity contribution >= 4 is 11.4 Å². The first-order chi connectivity index (χ1) is 14.1. The predicted octanol–water partition coefficient (Wildman–Crippen LogP) is 4.48. The van der Waals surface area contributed by atoms with Gasteiger partial charge in [-0.05, 0) is 12.1 Å². The number of benzene rings is 2. The van der Waals surface area contributed by atoms with Gasteiger partial charge in [-0.2, -0.15) is 20.2 Å². The second-order valence-corrected chi connectivity index (χ2v) is 5.62. The normalized spacial score (nSPS) is 10.7. The van der Waals surface area contributed by atoms with Crippen molar-refractivity contribution in [3.05, 3.63) is 70.3 Å². The summed E-state index contributed by atoms with van der Waals surface area (Å²) in [5, 5.41) is 19.0. The number of ether oxygens (including phenoxy) is 3. The molecule has 0 fully saturated rings. The topological polar surface area (TPSA) is 121 Å². The summed E-state index contributed by atoms with van der Waals surface area (Å²) in [6, 6.07) is 14.7. The Kier molecular flexibility index (Phi) is 6.25. The van der Waals surface area contributed by atoms with Gasteiger partial charge >= 0.3 is 6.01 Å². The number of para-hydroxylation sites is 1. The van der Waals surface area contributed by atoms with Crippen LogP contribution in [0.25, 0.3) is 0 Å². The third kappa shape index (κ3) is 5.22. The number of nitro benzene ring substituents is 1. The summed E-state index contributed by atoms with van der Waals surface area (Å²) in [5.41, 5.74) is 1.07. The molecule has 0 amide bonds. The number of azo groups is 1. The van der Waals surface area contributed by atoms with Crippen molar-refractivity contribution in [2.24, 2.45) is 10.2 Å². The van der Waals surface area contributed by atoms with E-state index in [0.717, 1.165) is 5.56 Å². The molecule has 0 aliphatic rings. The summed E-state index contributed by atoms with van der Waals surface area (Å²) < 4.78 is 16.0. The average Bonchev–Trinajstić information content (AvgIpc) is 2.74. The van der Waals surface area contributed by atoms with E-state index in [1.165, 1.54) is 32.4 Å². The van der Waals surface area contributed by atoms with Gasteiger partial charge in [0.2, 0.25) is 11.8 Å². The van der Waals surface area contributed by atoms with Crippen LogP contribution in [0.2, 0.25) is 0 Å². The van der Waals surface area contributed by atoms with Gasteiger partial charge in [0, 0.05) is 17.7 Å². The average molecular weight is 395 g/mol. The highest BCUT2D eigenvalue weighted by molar-refractivity contribution is 5.46. The molecule has 0 aliphatic carbocycles. The quantitative estimate of drug-likeness (QED) is 0.313. The Hall–Kier alpha value is -4.08. The molecule has 2 aromatic carbocycles. The first-order valence-electron chi connectivity index (χ1n) is 8.44. The van der Waals surface area contributed by atoms with E-state index in [2.05, 4.69) is 20.2 Å². The van der Waals surface area contributed by atoms with Crippen LogP contribution in [0.1, 0.15) is 5.56 Å². The smallest absolute Gasteiger partial charge is 0.328 e. The van der Waals surface area contributed by atoms with Crippen LogP contribution in [-0.2, 0) is 6.54 Å². The summed E-state index contributed by atoms with van der Waals surface area (Å²) in [6.45, 7) is 0.194. The van der Waals surface area contributed by atoms with Crippen molar-refractivity contribution in [1.29, 1.82) is 0 Å². The van der Waals surface area contributed by atoms with Crippen LogP contribution in [-0.4, -0.2) is 29.1 Å². The lowest BCUT2D eigenvalue weighted by molar-refractivity contribution is -0.384. The van der Waals surface area contributed by atoms with Crippen molar-refractivity contribution in [3.8, 4) is 23.5 Å². The third-order valence-corrected chi connectivity index (χ3v) is 3.72. The molecule has 0 aliphatic heterocycles. The summed E-state index contributed by atoms with van der Waals surface area (Å²) >= 11 is 0. The molecule has 1 aromatic heterocycles. The van der Waals surface area contributed by atoms with E-state index in [9.17, 15) is 10.1 Å². The Morgan fingerprint density at radius 1 is 1.00 bits per heavy atom. The van der Waals surface area contributed by atoms with Gasteiger partial charge in [0.1, 0.15) is 5.75 Å². The van der Waals surface area contributed by atoms with E-state index in [1.54, 1.807) is 24.3 Å². The van der Waals surface area contributed by atoms with Crippen molar-refractivity contribution in [2.75, 3.05) is 14.2 Å². The highest BCUT2D eigenvalue weighted by atomic mass is 16.6. The predicted molar refractivity (Wildman–Crippen MR) is 103 cm³/mol. The molecular formula is C19H17N5O5. The zero-order chi connectivity index (χ0) is 20.6. The minimum absolute atomic E-state index is 0.0469. The van der Waals surface area contributed by atoms with Crippen LogP contribution in [0.3, 0.4) is 0 Å². The highest BCUT2D eigenvalue weighted by Gasteiger charge is 2.10. The standard InChI is InChI=1S/C19H17N5O5/c1-27-17-11-18(28-2)22-19(21-17)29-16-9-4-3-6-13(16)12-20-23-14-7-5-8-15(10-14)24(25)26/h3-11H,12H2,1-2H3. The molecule has 0 spiro atoms. The molecule has 0 saturated heterocycles. The number of rotatable bonds is 8. The zero-order valence-electron chi connectivity index (χ0n) is 15.7. The molecule has 0 atom stereocenters. The van der Waals surface area contributed by atoms with Crippen molar-refractivity contribution in [3.63, 3.8) is 0 Å². The molecular weight excluding hydrogens is 378 g/mol. The molecule has 29 heavy (non-hydrogen) atoms. The van der Waals surface area contributed by atoms with Gasteiger partial charge in [0.15, 0.2) is 0 Å². The van der Waals surface area contributed by atoms with E-state index in [1.807, 2.05) is 12.1 Å². The molecule has 0 radical (unpaired) electrons. The molecule has 10 nitrogen and oxygen atoms in total. The molecule has 3 aromatic rings. The molecule has 0 N–H and O–H groups in total. The van der Waals surface area contributed by atoms with Crippen LogP contribution in [0.5, 0.6) is 23.5 Å². The highest BCUT2D eigenvalue weighted by Crippen LogP contribution is 2.27. The first-order valence-corrected chi connectivity index (χ1v) is 8.44. The zero-order valence-corrected chi connectivity index (χ0v) is 15.7. The van der Waals surface area contributed by atoms with Gasteiger partial charge in [0.25, 0.3) is 5.69 Å². The van der Waals surface area contributed by atoms with Crippen molar-refractivity contribution in [1.82, 2.24) is 9.97 Å². The summed E-state index contributed by atoms with van der Waals surface area (Å²) in [7, 11) is 2.96. The number of nitrogens with zero attached hydrogens (tertiary/aromatic N) is 5. The van der Waals surface area contributed by atoms with Gasteiger partial charge in [0.05, 0.1) is 37.4 Å². The van der Waals surface area contributed by atoms with Gasteiger partial charge in [-0.3, -0.25) is 10.1 Å². The number of nitro groups is 1. The number of methoxy groups -OCH3 is 2. The van der Waals surface area contributed by atoms with E-state index in [0.29, 0.717) is 23.2 Å². The second kappa shape index (κ2) is 9.22. The lowest BCUT2D eigenvalue weighted by Gasteiger charge is -2.10. The molecule has 1 heterocycles. The Morgan fingerprint density at radius 2 is 1.72 bits per heavy atom. The summed E-state index contributed by atoms with van der Waals surface area (Å²) in [5.74, 6) is 1.09. The number of hydrogen-bond acceptors (Lipinski definition) is 9. The minimum atomic E-state index is -0.482. The molecule has 3 rings (SSSR count). The van der Waals surface area contributed by atoms with Crippen LogP contribution in [0, 0.1) is 10.1 Å². The van der Waals surface area contributed by atoms with Crippen LogP contribution in [0.4, 0.5) is 11.4 Å². The van der Waals surface area contributed by atoms with Gasteiger partial charge in [-0.1, -0.05) is 24.3 Å². The monoisotopic (exact) mass is 395 g/mol. The van der Waals surface area contributed by atoms with Gasteiger partial charge in [-0.15, -0.1) is 0 Å². The second-order valence-electron chi connectivity index (χ2n) is 5.62. The fraction of sp³-hybridized carbons (Fsp3) is 0.158. The van der Waals surface area contributed by atoms with Crippen molar-refractivity contribution < 1.29 is 19.1 Å². The maximum Gasteiger partial charge on any atom is 0.328 e. The number of aromatic nitrogens is 2. The number of hydrogen-bond donors (Lipinski definition) is 0. The van der Waals surface area contributed by atoms with E-state index in [4.69, 9.17) is 14.2 Å². The van der Waals surface area contributed by atoms with Gasteiger partial charge in [-0.25, -0.2) is 0 Å². The van der Waals surface area contributed by atoms with E-state index >= 15 is 0 Å². The fourth-order valence-corrected chi connectivity index (χ4v) is 2.33. The number of non-ortho nitro benzene ring substituents is 1.